The molecule has 0 bridgehead atoms. The van der Waals surface area contributed by atoms with Gasteiger partial charge in [0.2, 0.25) is 5.88 Å². The average molecular weight is 735 g/mol. The van der Waals surface area contributed by atoms with E-state index in [1.54, 1.807) is 30.3 Å². The Labute approximate surface area is 307 Å². The molecule has 0 saturated carbocycles. The first kappa shape index (κ1) is 33.0. The lowest BCUT2D eigenvalue weighted by atomic mass is 9.99. The Bertz CT molecular complexity index is 2360. The molecule has 0 amide bonds. The summed E-state index contributed by atoms with van der Waals surface area (Å²) in [7, 11) is -3.96. The molecule has 8 rings (SSSR count). The summed E-state index contributed by atoms with van der Waals surface area (Å²) in [5.74, 6) is 0.833. The highest BCUT2D eigenvalue weighted by atomic mass is 35.5. The van der Waals surface area contributed by atoms with Crippen molar-refractivity contribution in [3.8, 4) is 28.1 Å². The number of nitrogens with zero attached hydrogens (tertiary/aromatic N) is 4. The van der Waals surface area contributed by atoms with Crippen LogP contribution in [0.4, 0.5) is 11.4 Å². The van der Waals surface area contributed by atoms with Gasteiger partial charge in [-0.1, -0.05) is 96.0 Å². The Balaban J connectivity index is 1.05. The number of hydrogen-bond donors (Lipinski definition) is 2. The van der Waals surface area contributed by atoms with Gasteiger partial charge >= 0.3 is 10.2 Å². The van der Waals surface area contributed by atoms with Gasteiger partial charge in [0.15, 0.2) is 0 Å². The largest absolute Gasteiger partial charge is 0.493 e. The quantitative estimate of drug-likeness (QED) is 0.163. The van der Waals surface area contributed by atoms with Gasteiger partial charge in [-0.25, -0.2) is 14.0 Å². The second-order valence-electron chi connectivity index (χ2n) is 12.7. The molecule has 0 aliphatic carbocycles. The minimum absolute atomic E-state index is 0.353. The van der Waals surface area contributed by atoms with Crippen molar-refractivity contribution in [1.82, 2.24) is 14.3 Å². The number of rotatable bonds is 8. The van der Waals surface area contributed by atoms with Crippen molar-refractivity contribution >= 4 is 44.8 Å². The normalized spacial score (nSPS) is 16.7. The smallest absolute Gasteiger partial charge is 0.330 e. The van der Waals surface area contributed by atoms with E-state index < -0.39 is 16.1 Å². The molecule has 1 atom stereocenters. The molecule has 8 nitrogen and oxygen atoms in total. The first-order chi connectivity index (χ1) is 24.7. The van der Waals surface area contributed by atoms with Crippen LogP contribution in [0.25, 0.3) is 28.1 Å². The van der Waals surface area contributed by atoms with Gasteiger partial charge in [-0.2, -0.15) is 8.42 Å². The molecule has 256 valence electrons. The lowest BCUT2D eigenvalue weighted by molar-refractivity contribution is 0.392. The fourth-order valence-electron chi connectivity index (χ4n) is 6.83. The van der Waals surface area contributed by atoms with Crippen molar-refractivity contribution < 1.29 is 13.5 Å². The summed E-state index contributed by atoms with van der Waals surface area (Å²) in [4.78, 5) is 7.47. The topological polar surface area (TPSA) is 90.7 Å². The molecule has 0 unspecified atom stereocenters. The van der Waals surface area contributed by atoms with Crippen LogP contribution in [-0.4, -0.2) is 36.2 Å². The maximum absolute atomic E-state index is 12.6. The molecular weight excluding hydrogens is 701 g/mol. The van der Waals surface area contributed by atoms with Crippen LogP contribution in [0.5, 0.6) is 0 Å². The number of halogens is 2. The number of nitrogens with one attached hydrogen (secondary N) is 1. The van der Waals surface area contributed by atoms with Gasteiger partial charge in [0.25, 0.3) is 0 Å². The van der Waals surface area contributed by atoms with Gasteiger partial charge in [-0.3, -0.25) is 0 Å². The van der Waals surface area contributed by atoms with E-state index in [1.165, 1.54) is 11.3 Å². The third-order valence-corrected chi connectivity index (χ3v) is 11.3. The zero-order valence-electron chi connectivity index (χ0n) is 27.3. The summed E-state index contributed by atoms with van der Waals surface area (Å²) < 4.78 is 30.2. The maximum atomic E-state index is 12.6. The van der Waals surface area contributed by atoms with Crippen LogP contribution < -0.4 is 13.9 Å². The fraction of sp³-hybridized carbons (Fsp3) is 0.125. The summed E-state index contributed by atoms with van der Waals surface area (Å²) in [6.07, 6.45) is 4.66. The third-order valence-electron chi connectivity index (χ3n) is 9.42. The van der Waals surface area contributed by atoms with Crippen molar-refractivity contribution in [2.24, 2.45) is 0 Å². The first-order valence-electron chi connectivity index (χ1n) is 16.6. The Hall–Kier alpha value is -5.22. The van der Waals surface area contributed by atoms with Crippen LogP contribution in [0.2, 0.25) is 10.0 Å². The number of benzene rings is 5. The fourth-order valence-corrected chi connectivity index (χ4v) is 8.38. The average Bonchev–Trinajstić information content (AvgIpc) is 3.86. The highest BCUT2D eigenvalue weighted by Crippen LogP contribution is 2.34. The summed E-state index contributed by atoms with van der Waals surface area (Å²) in [6.45, 7) is 2.08. The number of aliphatic hydroxyl groups excluding tert-OH is 1. The highest BCUT2D eigenvalue weighted by molar-refractivity contribution is 7.91. The summed E-state index contributed by atoms with van der Waals surface area (Å²) in [6, 6.07) is 40.3. The monoisotopic (exact) mass is 733 g/mol. The van der Waals surface area contributed by atoms with E-state index >= 15 is 0 Å². The molecule has 0 radical (unpaired) electrons. The molecule has 2 N–H and O–H groups in total. The van der Waals surface area contributed by atoms with E-state index in [-0.39, 0.29) is 0 Å². The lowest BCUT2D eigenvalue weighted by Crippen LogP contribution is -2.29. The summed E-state index contributed by atoms with van der Waals surface area (Å²) in [5.41, 5.74) is 8.38. The number of imidazole rings is 1. The van der Waals surface area contributed by atoms with E-state index in [4.69, 9.17) is 28.2 Å². The van der Waals surface area contributed by atoms with E-state index in [9.17, 15) is 13.5 Å². The van der Waals surface area contributed by atoms with Crippen LogP contribution >= 0.6 is 23.2 Å². The van der Waals surface area contributed by atoms with E-state index in [2.05, 4.69) is 88.5 Å². The van der Waals surface area contributed by atoms with Crippen LogP contribution in [0.3, 0.4) is 0 Å². The van der Waals surface area contributed by atoms with Gasteiger partial charge in [-0.15, -0.1) is 0 Å². The maximum Gasteiger partial charge on any atom is 0.330 e. The summed E-state index contributed by atoms with van der Waals surface area (Å²) in [5, 5.41) is 10.8. The van der Waals surface area contributed by atoms with Crippen LogP contribution in [0.15, 0.2) is 140 Å². The molecule has 1 aromatic heterocycles. The minimum Gasteiger partial charge on any atom is -0.493 e. The second-order valence-corrected chi connectivity index (χ2v) is 15.1. The lowest BCUT2D eigenvalue weighted by Gasteiger charge is -2.19. The van der Waals surface area contributed by atoms with E-state index in [0.29, 0.717) is 39.5 Å². The van der Waals surface area contributed by atoms with Gasteiger partial charge < -0.3 is 14.6 Å². The molecule has 2 aliphatic heterocycles. The molecule has 11 heteroatoms. The van der Waals surface area contributed by atoms with Crippen molar-refractivity contribution in [3.63, 3.8) is 0 Å². The molecule has 1 saturated heterocycles. The van der Waals surface area contributed by atoms with Gasteiger partial charge in [-0.05, 0) is 77.2 Å². The molecule has 5 aromatic carbocycles. The van der Waals surface area contributed by atoms with Gasteiger partial charge in [0, 0.05) is 53.6 Å². The second kappa shape index (κ2) is 13.5. The van der Waals surface area contributed by atoms with Crippen molar-refractivity contribution in [1.29, 1.82) is 0 Å². The van der Waals surface area contributed by atoms with Crippen LogP contribution in [0.1, 0.15) is 29.3 Å². The predicted molar refractivity (Wildman–Crippen MR) is 205 cm³/mol. The Morgan fingerprint density at radius 2 is 1.53 bits per heavy atom. The molecule has 6 aromatic rings. The molecular formula is C40H33Cl2N5O3S. The van der Waals surface area contributed by atoms with Gasteiger partial charge in [0.05, 0.1) is 22.6 Å². The summed E-state index contributed by atoms with van der Waals surface area (Å²) >= 11 is 12.8. The third kappa shape index (κ3) is 6.80. The van der Waals surface area contributed by atoms with Crippen molar-refractivity contribution in [3.05, 3.63) is 167 Å². The standard InChI is InChI=1S/C40H33Cl2N5O3S/c41-32-15-18-36(37(42)22-32)38-25-46(34-7-4-8-35(23-34)47-26-40(48)44-51(47,49)50)39(43-38)21-27-9-11-29(12-10-27)30-13-16-33(17-14-30)45-20-19-31(24-45)28-5-2-1-3-6-28/h1-18,22-23,25-26,31,44,48H,19-21,24H2/t31-/m0/s1. The number of aliphatic hydroxyl groups is 1. The van der Waals surface area contributed by atoms with E-state index in [0.717, 1.165) is 58.1 Å². The Morgan fingerprint density at radius 1 is 0.804 bits per heavy atom. The van der Waals surface area contributed by atoms with Crippen LogP contribution in [-0.2, 0) is 16.6 Å². The zero-order valence-corrected chi connectivity index (χ0v) is 29.7. The number of aromatic nitrogens is 2. The number of anilines is 2. The van der Waals surface area contributed by atoms with Crippen molar-refractivity contribution in [2.75, 3.05) is 22.3 Å². The zero-order chi connectivity index (χ0) is 35.1. The van der Waals surface area contributed by atoms with Crippen LogP contribution in [0, 0.1) is 0 Å². The predicted octanol–water partition coefficient (Wildman–Crippen LogP) is 9.11. The molecule has 3 heterocycles. The molecule has 0 spiro atoms. The highest BCUT2D eigenvalue weighted by Gasteiger charge is 2.29. The Morgan fingerprint density at radius 3 is 2.24 bits per heavy atom. The number of hydrogen-bond acceptors (Lipinski definition) is 5. The SMILES string of the molecule is O=S1(=O)NC(O)=CN1c1cccc(-n2cc(-c3ccc(Cl)cc3Cl)nc2Cc2ccc(-c3ccc(N4CC[C@H](c5ccccc5)C4)cc3)cc2)c1. The molecule has 2 aliphatic rings. The van der Waals surface area contributed by atoms with Gasteiger partial charge in [0.1, 0.15) is 5.82 Å². The molecule has 51 heavy (non-hydrogen) atoms. The first-order valence-corrected chi connectivity index (χ1v) is 18.8. The minimum atomic E-state index is -3.96. The van der Waals surface area contributed by atoms with E-state index in [1.807, 2.05) is 22.9 Å². The Kier molecular flexibility index (Phi) is 8.71. The van der Waals surface area contributed by atoms with Crippen molar-refractivity contribution in [2.45, 2.75) is 18.8 Å². The molecule has 1 fully saturated rings.